The summed E-state index contributed by atoms with van der Waals surface area (Å²) >= 11 is 0. The van der Waals surface area contributed by atoms with Crippen molar-refractivity contribution in [2.75, 3.05) is 31.7 Å². The molecule has 18 heavy (non-hydrogen) atoms. The van der Waals surface area contributed by atoms with E-state index in [2.05, 4.69) is 15.5 Å². The second-order valence-electron chi connectivity index (χ2n) is 3.98. The number of ether oxygens (including phenoxy) is 1. The fourth-order valence-electron chi connectivity index (χ4n) is 1.99. The van der Waals surface area contributed by atoms with Crippen LogP contribution in [0.25, 0.3) is 0 Å². The van der Waals surface area contributed by atoms with Gasteiger partial charge >= 0.3 is 0 Å². The number of amides is 1. The maximum atomic E-state index is 11.8. The van der Waals surface area contributed by atoms with E-state index >= 15 is 0 Å². The van der Waals surface area contributed by atoms with E-state index in [0.717, 1.165) is 5.56 Å². The second kappa shape index (κ2) is 5.74. The summed E-state index contributed by atoms with van der Waals surface area (Å²) in [6, 6.07) is 1.43. The third kappa shape index (κ3) is 2.41. The summed E-state index contributed by atoms with van der Waals surface area (Å²) in [5.41, 5.74) is 6.56. The third-order valence-electron chi connectivity index (χ3n) is 2.95. The summed E-state index contributed by atoms with van der Waals surface area (Å²) in [5.74, 6) is 0.570. The van der Waals surface area contributed by atoms with Gasteiger partial charge in [0.1, 0.15) is 6.04 Å². The van der Waals surface area contributed by atoms with Crippen LogP contribution in [0.5, 0.6) is 0 Å². The molecule has 1 amide bonds. The average Bonchev–Trinajstić information content (AvgIpc) is 2.46. The topological polar surface area (TPSA) is 93.4 Å². The largest absolute Gasteiger partial charge is 0.377 e. The SMILES string of the molecule is CNC(=O)C1COCCN1c1nnccc1CN. The Kier molecular flexibility index (Phi) is 4.06. The van der Waals surface area contributed by atoms with Crippen LogP contribution >= 0.6 is 0 Å². The molecule has 3 N–H and O–H groups in total. The van der Waals surface area contributed by atoms with Gasteiger partial charge in [-0.3, -0.25) is 4.79 Å². The highest BCUT2D eigenvalue weighted by molar-refractivity contribution is 5.85. The van der Waals surface area contributed by atoms with Gasteiger partial charge < -0.3 is 20.7 Å². The molecule has 0 radical (unpaired) electrons. The van der Waals surface area contributed by atoms with Crippen LogP contribution in [-0.4, -0.2) is 49.0 Å². The van der Waals surface area contributed by atoms with Gasteiger partial charge in [-0.15, -0.1) is 5.10 Å². The van der Waals surface area contributed by atoms with Crippen LogP contribution in [0, 0.1) is 0 Å². The zero-order chi connectivity index (χ0) is 13.0. The minimum absolute atomic E-state index is 0.0941. The molecule has 1 fully saturated rings. The first-order chi connectivity index (χ1) is 8.77. The van der Waals surface area contributed by atoms with Crippen molar-refractivity contribution in [3.8, 4) is 0 Å². The molecule has 1 aliphatic heterocycles. The fourth-order valence-corrected chi connectivity index (χ4v) is 1.99. The molecule has 1 saturated heterocycles. The lowest BCUT2D eigenvalue weighted by atomic mass is 10.1. The summed E-state index contributed by atoms with van der Waals surface area (Å²) in [7, 11) is 1.61. The van der Waals surface area contributed by atoms with Crippen LogP contribution < -0.4 is 16.0 Å². The Bertz CT molecular complexity index is 426. The lowest BCUT2D eigenvalue weighted by molar-refractivity contribution is -0.124. The minimum Gasteiger partial charge on any atom is -0.377 e. The molecule has 1 aromatic rings. The summed E-state index contributed by atoms with van der Waals surface area (Å²) < 4.78 is 5.35. The number of likely N-dealkylation sites (N-methyl/N-ethyl adjacent to an activating group) is 1. The monoisotopic (exact) mass is 251 g/mol. The first-order valence-electron chi connectivity index (χ1n) is 5.84. The Morgan fingerprint density at radius 3 is 3.28 bits per heavy atom. The van der Waals surface area contributed by atoms with Crippen LogP contribution in [0.15, 0.2) is 12.3 Å². The normalized spacial score (nSPS) is 19.7. The summed E-state index contributed by atoms with van der Waals surface area (Å²) in [5, 5.41) is 10.6. The molecule has 98 valence electrons. The van der Waals surface area contributed by atoms with Gasteiger partial charge in [-0.2, -0.15) is 5.10 Å². The summed E-state index contributed by atoms with van der Waals surface area (Å²) in [6.07, 6.45) is 1.60. The van der Waals surface area contributed by atoms with Crippen LogP contribution in [-0.2, 0) is 16.1 Å². The smallest absolute Gasteiger partial charge is 0.244 e. The molecule has 0 saturated carbocycles. The van der Waals surface area contributed by atoms with Crippen LogP contribution in [0.2, 0.25) is 0 Å². The highest BCUT2D eigenvalue weighted by atomic mass is 16.5. The Balaban J connectivity index is 2.30. The lowest BCUT2D eigenvalue weighted by Gasteiger charge is -2.35. The number of rotatable bonds is 3. The molecule has 1 aromatic heterocycles. The molecule has 1 aliphatic rings. The average molecular weight is 251 g/mol. The lowest BCUT2D eigenvalue weighted by Crippen LogP contribution is -2.54. The number of morpholine rings is 1. The number of nitrogens with zero attached hydrogens (tertiary/aromatic N) is 3. The van der Waals surface area contributed by atoms with Crippen molar-refractivity contribution in [2.45, 2.75) is 12.6 Å². The van der Waals surface area contributed by atoms with Crippen molar-refractivity contribution in [3.63, 3.8) is 0 Å². The van der Waals surface area contributed by atoms with Crippen LogP contribution in [0.3, 0.4) is 0 Å². The number of hydrogen-bond acceptors (Lipinski definition) is 6. The molecular formula is C11H17N5O2. The van der Waals surface area contributed by atoms with E-state index in [1.165, 1.54) is 0 Å². The van der Waals surface area contributed by atoms with Gasteiger partial charge in [0.25, 0.3) is 0 Å². The molecule has 2 heterocycles. The molecule has 0 aliphatic carbocycles. The number of nitrogens with two attached hydrogens (primary N) is 1. The third-order valence-corrected chi connectivity index (χ3v) is 2.95. The minimum atomic E-state index is -0.384. The summed E-state index contributed by atoms with van der Waals surface area (Å²) in [4.78, 5) is 13.7. The summed E-state index contributed by atoms with van der Waals surface area (Å²) in [6.45, 7) is 1.88. The van der Waals surface area contributed by atoms with Gasteiger partial charge in [-0.1, -0.05) is 0 Å². The molecular weight excluding hydrogens is 234 g/mol. The number of hydrogen-bond donors (Lipinski definition) is 2. The Morgan fingerprint density at radius 2 is 2.56 bits per heavy atom. The molecule has 0 spiro atoms. The van der Waals surface area contributed by atoms with E-state index in [1.54, 1.807) is 13.2 Å². The molecule has 2 rings (SSSR count). The van der Waals surface area contributed by atoms with E-state index in [-0.39, 0.29) is 11.9 Å². The van der Waals surface area contributed by atoms with Gasteiger partial charge in [0, 0.05) is 25.7 Å². The molecule has 1 unspecified atom stereocenters. The predicted octanol–water partition coefficient (Wildman–Crippen LogP) is -1.11. The van der Waals surface area contributed by atoms with E-state index < -0.39 is 0 Å². The Labute approximate surface area is 105 Å². The Morgan fingerprint density at radius 1 is 1.72 bits per heavy atom. The highest BCUT2D eigenvalue weighted by Gasteiger charge is 2.31. The number of anilines is 1. The Hall–Kier alpha value is -1.73. The van der Waals surface area contributed by atoms with Crippen molar-refractivity contribution in [3.05, 3.63) is 17.8 Å². The first kappa shape index (κ1) is 12.7. The molecule has 1 atom stereocenters. The van der Waals surface area contributed by atoms with Gasteiger partial charge in [-0.25, -0.2) is 0 Å². The fraction of sp³-hybridized carbons (Fsp3) is 0.545. The van der Waals surface area contributed by atoms with Gasteiger partial charge in [0.2, 0.25) is 5.91 Å². The van der Waals surface area contributed by atoms with Gasteiger partial charge in [-0.05, 0) is 6.07 Å². The highest BCUT2D eigenvalue weighted by Crippen LogP contribution is 2.20. The van der Waals surface area contributed by atoms with E-state index in [4.69, 9.17) is 10.5 Å². The van der Waals surface area contributed by atoms with Crippen molar-refractivity contribution in [2.24, 2.45) is 5.73 Å². The zero-order valence-electron chi connectivity index (χ0n) is 10.3. The van der Waals surface area contributed by atoms with Gasteiger partial charge in [0.15, 0.2) is 5.82 Å². The van der Waals surface area contributed by atoms with Crippen LogP contribution in [0.4, 0.5) is 5.82 Å². The maximum absolute atomic E-state index is 11.8. The van der Waals surface area contributed by atoms with Crippen molar-refractivity contribution in [1.29, 1.82) is 0 Å². The van der Waals surface area contributed by atoms with Crippen molar-refractivity contribution in [1.82, 2.24) is 15.5 Å². The maximum Gasteiger partial charge on any atom is 0.244 e. The van der Waals surface area contributed by atoms with E-state index in [9.17, 15) is 4.79 Å². The van der Waals surface area contributed by atoms with Crippen LogP contribution in [0.1, 0.15) is 5.56 Å². The standard InChI is InChI=1S/C11H17N5O2/c1-13-11(17)9-7-18-5-4-16(9)10-8(6-12)2-3-14-15-10/h2-3,9H,4-7,12H2,1H3,(H,13,17). The first-order valence-corrected chi connectivity index (χ1v) is 5.84. The predicted molar refractivity (Wildman–Crippen MR) is 65.9 cm³/mol. The van der Waals surface area contributed by atoms with E-state index in [0.29, 0.717) is 32.1 Å². The molecule has 7 heteroatoms. The van der Waals surface area contributed by atoms with Gasteiger partial charge in [0.05, 0.1) is 19.4 Å². The zero-order valence-corrected chi connectivity index (χ0v) is 10.3. The number of nitrogens with one attached hydrogen (secondary N) is 1. The quantitative estimate of drug-likeness (QED) is 0.707. The molecule has 7 nitrogen and oxygen atoms in total. The second-order valence-corrected chi connectivity index (χ2v) is 3.98. The molecule has 0 aromatic carbocycles. The molecule has 0 bridgehead atoms. The van der Waals surface area contributed by atoms with Crippen molar-refractivity contribution < 1.29 is 9.53 Å². The number of carbonyl (C=O) groups excluding carboxylic acids is 1. The van der Waals surface area contributed by atoms with E-state index in [1.807, 2.05) is 11.0 Å². The van der Waals surface area contributed by atoms with Crippen molar-refractivity contribution >= 4 is 11.7 Å². The number of carbonyl (C=O) groups is 1. The number of aromatic nitrogens is 2.